The van der Waals surface area contributed by atoms with E-state index in [1.165, 1.54) is 0 Å². The largest absolute Gasteiger partial charge is 0.397 e. The first-order chi connectivity index (χ1) is 13.0. The molecule has 4 aromatic rings. The van der Waals surface area contributed by atoms with Crippen molar-refractivity contribution in [3.8, 4) is 22.1 Å². The van der Waals surface area contributed by atoms with Crippen LogP contribution in [0.3, 0.4) is 0 Å². The number of aryl methyl sites for hydroxylation is 1. The molecule has 27 heavy (non-hydrogen) atoms. The lowest BCUT2D eigenvalue weighted by Gasteiger charge is -2.07. The summed E-state index contributed by atoms with van der Waals surface area (Å²) >= 11 is 5.01. The number of anilines is 1. The number of fused-ring (bicyclic) bond motifs is 1. The van der Waals surface area contributed by atoms with Gasteiger partial charge < -0.3 is 10.3 Å². The average molecular weight is 418 g/mol. The van der Waals surface area contributed by atoms with E-state index in [1.807, 2.05) is 37.0 Å². The third-order valence-corrected chi connectivity index (χ3v) is 6.85. The lowest BCUT2D eigenvalue weighted by atomic mass is 10.1. The van der Waals surface area contributed by atoms with E-state index in [0.29, 0.717) is 5.25 Å². The second kappa shape index (κ2) is 8.41. The van der Waals surface area contributed by atoms with Crippen LogP contribution < -0.4 is 5.73 Å². The molecule has 0 radical (unpaired) electrons. The highest BCUT2D eigenvalue weighted by Gasteiger charge is 2.20. The lowest BCUT2D eigenvalue weighted by Crippen LogP contribution is -1.96. The molecule has 2 N–H and O–H groups in total. The first kappa shape index (κ1) is 19.9. The van der Waals surface area contributed by atoms with Crippen molar-refractivity contribution in [2.24, 2.45) is 7.05 Å². The quantitative estimate of drug-likeness (QED) is 0.417. The molecule has 0 unspecified atom stereocenters. The molecule has 0 spiro atoms. The first-order valence-corrected chi connectivity index (χ1v) is 11.4. The van der Waals surface area contributed by atoms with Gasteiger partial charge in [0.15, 0.2) is 0 Å². The Morgan fingerprint density at radius 3 is 2.56 bits per heavy atom. The number of pyridine rings is 1. The number of hydrogen-bond acceptors (Lipinski definition) is 7. The predicted octanol–water partition coefficient (Wildman–Crippen LogP) is 5.93. The summed E-state index contributed by atoms with van der Waals surface area (Å²) < 4.78 is 3.12. The van der Waals surface area contributed by atoms with Crippen LogP contribution in [0.4, 0.5) is 5.69 Å². The number of nitrogens with two attached hydrogens (primary N) is 1. The highest BCUT2D eigenvalue weighted by molar-refractivity contribution is 8.02. The summed E-state index contributed by atoms with van der Waals surface area (Å²) in [5.74, 6) is 0.885. The van der Waals surface area contributed by atoms with Crippen molar-refractivity contribution in [1.82, 2.24) is 19.5 Å². The zero-order valence-corrected chi connectivity index (χ0v) is 18.5. The van der Waals surface area contributed by atoms with Gasteiger partial charge in [0, 0.05) is 47.2 Å². The molecule has 5 nitrogen and oxygen atoms in total. The number of imidazole rings is 1. The van der Waals surface area contributed by atoms with Crippen molar-refractivity contribution in [2.75, 3.05) is 5.73 Å². The van der Waals surface area contributed by atoms with Crippen molar-refractivity contribution in [2.45, 2.75) is 37.2 Å². The molecule has 0 fully saturated rings. The van der Waals surface area contributed by atoms with Crippen LogP contribution >= 0.6 is 34.4 Å². The molecule has 4 rings (SSSR count). The summed E-state index contributed by atoms with van der Waals surface area (Å²) in [6.45, 7) is 8.34. The van der Waals surface area contributed by atoms with Crippen LogP contribution in [0.2, 0.25) is 0 Å². The Morgan fingerprint density at radius 1 is 1.19 bits per heavy atom. The van der Waals surface area contributed by atoms with E-state index >= 15 is 0 Å². The smallest absolute Gasteiger partial charge is 0.141 e. The molecule has 0 saturated heterocycles. The summed E-state index contributed by atoms with van der Waals surface area (Å²) in [5.41, 5.74) is 9.18. The molecule has 142 valence electrons. The Hall–Kier alpha value is -1.90. The number of thiophene rings is 1. The molecular weight excluding hydrogens is 394 g/mol. The van der Waals surface area contributed by atoms with Gasteiger partial charge in [0.25, 0.3) is 0 Å². The second-order valence-corrected chi connectivity index (χ2v) is 9.64. The molecule has 4 heterocycles. The number of nitrogen functional groups attached to an aromatic ring is 1. The Kier molecular flexibility index (Phi) is 6.18. The first-order valence-electron chi connectivity index (χ1n) is 8.82. The van der Waals surface area contributed by atoms with Gasteiger partial charge in [0.1, 0.15) is 21.4 Å². The van der Waals surface area contributed by atoms with Gasteiger partial charge in [-0.2, -0.15) is 0 Å². The number of thioether (sulfide) groups is 1. The molecule has 0 amide bonds. The van der Waals surface area contributed by atoms with Gasteiger partial charge in [-0.25, -0.2) is 15.0 Å². The fourth-order valence-electron chi connectivity index (χ4n) is 2.66. The van der Waals surface area contributed by atoms with Gasteiger partial charge in [0.05, 0.1) is 9.90 Å². The van der Waals surface area contributed by atoms with Gasteiger partial charge >= 0.3 is 0 Å². The zero-order chi connectivity index (χ0) is 19.6. The number of rotatable bonds is 4. The third kappa shape index (κ3) is 3.88. The lowest BCUT2D eigenvalue weighted by molar-refractivity contribution is 0.926. The van der Waals surface area contributed by atoms with Gasteiger partial charge in [-0.1, -0.05) is 27.7 Å². The Labute approximate surface area is 171 Å². The summed E-state index contributed by atoms with van der Waals surface area (Å²) in [7, 11) is 1.99. The Balaban J connectivity index is 0.00000102. The van der Waals surface area contributed by atoms with Gasteiger partial charge in [0.2, 0.25) is 0 Å². The van der Waals surface area contributed by atoms with Crippen LogP contribution in [0.15, 0.2) is 34.2 Å². The molecule has 0 saturated carbocycles. The molecule has 0 bridgehead atoms. The number of thiazole rings is 1. The van der Waals surface area contributed by atoms with Crippen LogP contribution in [0.1, 0.15) is 27.7 Å². The molecule has 0 aliphatic carbocycles. The standard InChI is InChI=1S/C17H17N5S3.C2H6/c1-9(2)24-17-13(18)12-10(14-19-4-6-22(14)3)8-11(21-16(12)25-17)15-20-5-7-23-15;1-2/h4-9H,18H2,1-3H3;1-2H3. The molecule has 0 aliphatic rings. The van der Waals surface area contributed by atoms with Gasteiger partial charge in [-0.3, -0.25) is 0 Å². The summed E-state index contributed by atoms with van der Waals surface area (Å²) in [6, 6.07) is 2.05. The predicted molar refractivity (Wildman–Crippen MR) is 120 cm³/mol. The van der Waals surface area contributed by atoms with Crippen LogP contribution in [0.25, 0.3) is 32.3 Å². The number of aromatic nitrogens is 4. The van der Waals surface area contributed by atoms with Crippen molar-refractivity contribution >= 4 is 50.3 Å². The third-order valence-electron chi connectivity index (χ3n) is 3.72. The molecule has 0 aromatic carbocycles. The highest BCUT2D eigenvalue weighted by atomic mass is 32.2. The topological polar surface area (TPSA) is 69.6 Å². The van der Waals surface area contributed by atoms with Crippen LogP contribution in [-0.2, 0) is 7.05 Å². The minimum Gasteiger partial charge on any atom is -0.397 e. The van der Waals surface area contributed by atoms with E-state index in [2.05, 4.69) is 29.9 Å². The normalized spacial score (nSPS) is 11.0. The maximum absolute atomic E-state index is 6.51. The summed E-state index contributed by atoms with van der Waals surface area (Å²) in [6.07, 6.45) is 5.54. The fraction of sp³-hybridized carbons (Fsp3) is 0.316. The Bertz CT molecular complexity index is 1030. The summed E-state index contributed by atoms with van der Waals surface area (Å²) in [4.78, 5) is 14.7. The molecule has 4 aromatic heterocycles. The monoisotopic (exact) mass is 417 g/mol. The molecule has 0 atom stereocenters. The fourth-order valence-corrected chi connectivity index (χ4v) is 5.78. The SMILES string of the molecule is CC.CC(C)Sc1sc2nc(-c3nccs3)cc(-c3nccn3C)c2c1N. The minimum absolute atomic E-state index is 0.463. The van der Waals surface area contributed by atoms with E-state index in [9.17, 15) is 0 Å². The number of nitrogens with zero attached hydrogens (tertiary/aromatic N) is 4. The maximum Gasteiger partial charge on any atom is 0.141 e. The van der Waals surface area contributed by atoms with Crippen molar-refractivity contribution in [3.05, 3.63) is 30.0 Å². The van der Waals surface area contributed by atoms with Crippen LogP contribution in [0, 0.1) is 0 Å². The molecule has 0 aliphatic heterocycles. The van der Waals surface area contributed by atoms with Crippen LogP contribution in [0.5, 0.6) is 0 Å². The maximum atomic E-state index is 6.51. The van der Waals surface area contributed by atoms with Crippen molar-refractivity contribution in [1.29, 1.82) is 0 Å². The molecule has 8 heteroatoms. The van der Waals surface area contributed by atoms with E-state index < -0.39 is 0 Å². The van der Waals surface area contributed by atoms with Crippen molar-refractivity contribution in [3.63, 3.8) is 0 Å². The Morgan fingerprint density at radius 2 is 1.96 bits per heavy atom. The van der Waals surface area contributed by atoms with Crippen molar-refractivity contribution < 1.29 is 0 Å². The van der Waals surface area contributed by atoms with Gasteiger partial charge in [-0.15, -0.1) is 34.4 Å². The van der Waals surface area contributed by atoms with Gasteiger partial charge in [-0.05, 0) is 6.07 Å². The average Bonchev–Trinajstić information content (AvgIpc) is 3.38. The van der Waals surface area contributed by atoms with E-state index in [-0.39, 0.29) is 0 Å². The summed E-state index contributed by atoms with van der Waals surface area (Å²) in [5, 5.41) is 4.32. The second-order valence-electron chi connectivity index (χ2n) is 5.90. The minimum atomic E-state index is 0.463. The van der Waals surface area contributed by atoms with E-state index in [4.69, 9.17) is 10.7 Å². The highest BCUT2D eigenvalue weighted by Crippen LogP contribution is 2.45. The zero-order valence-electron chi connectivity index (χ0n) is 16.1. The van der Waals surface area contributed by atoms with E-state index in [0.717, 1.165) is 42.2 Å². The van der Waals surface area contributed by atoms with E-state index in [1.54, 1.807) is 46.8 Å². The van der Waals surface area contributed by atoms with Crippen LogP contribution in [-0.4, -0.2) is 24.8 Å². The number of hydrogen-bond donors (Lipinski definition) is 1. The molecular formula is C19H23N5S3.